The molecule has 1 heterocycles. The monoisotopic (exact) mass is 300 g/mol. The molecule has 0 aliphatic carbocycles. The minimum atomic E-state index is -0.333. The van der Waals surface area contributed by atoms with E-state index in [9.17, 15) is 4.79 Å². The Morgan fingerprint density at radius 2 is 1.91 bits per heavy atom. The lowest BCUT2D eigenvalue weighted by molar-refractivity contribution is -0.116. The number of aryl methyl sites for hydroxylation is 4. The number of carbonyl (C=O) groups excluding carboxylic acids is 1. The molecule has 1 atom stereocenters. The third kappa shape index (κ3) is 3.30. The van der Waals surface area contributed by atoms with Crippen molar-refractivity contribution in [3.63, 3.8) is 0 Å². The van der Waals surface area contributed by atoms with Crippen LogP contribution in [0.15, 0.2) is 18.2 Å². The normalized spacial score (nSPS) is 12.1. The largest absolute Gasteiger partial charge is 0.374 e. The summed E-state index contributed by atoms with van der Waals surface area (Å²) in [5.74, 6) is -0.0702. The summed E-state index contributed by atoms with van der Waals surface area (Å²) in [5.41, 5.74) is 5.89. The van der Waals surface area contributed by atoms with Gasteiger partial charge in [-0.25, -0.2) is 0 Å². The van der Waals surface area contributed by atoms with Gasteiger partial charge in [0.15, 0.2) is 0 Å². The van der Waals surface area contributed by atoms with Crippen molar-refractivity contribution < 1.29 is 4.79 Å². The number of amides is 1. The second-order valence-electron chi connectivity index (χ2n) is 5.84. The van der Waals surface area contributed by atoms with Crippen molar-refractivity contribution in [2.75, 3.05) is 10.6 Å². The first-order chi connectivity index (χ1) is 10.3. The van der Waals surface area contributed by atoms with Crippen molar-refractivity contribution in [2.24, 2.45) is 7.05 Å². The summed E-state index contributed by atoms with van der Waals surface area (Å²) in [5, 5.41) is 10.5. The molecular weight excluding hydrogens is 276 g/mol. The van der Waals surface area contributed by atoms with E-state index in [4.69, 9.17) is 0 Å². The van der Waals surface area contributed by atoms with Crippen LogP contribution in [0, 0.1) is 27.7 Å². The van der Waals surface area contributed by atoms with Crippen LogP contribution in [-0.2, 0) is 11.8 Å². The van der Waals surface area contributed by atoms with Crippen LogP contribution in [0.4, 0.5) is 11.4 Å². The van der Waals surface area contributed by atoms with Gasteiger partial charge in [0.25, 0.3) is 0 Å². The first-order valence-corrected chi connectivity index (χ1v) is 7.44. The minimum absolute atomic E-state index is 0.0702. The van der Waals surface area contributed by atoms with Gasteiger partial charge in [0.2, 0.25) is 5.91 Å². The van der Waals surface area contributed by atoms with E-state index in [-0.39, 0.29) is 11.9 Å². The van der Waals surface area contributed by atoms with Crippen LogP contribution >= 0.6 is 0 Å². The van der Waals surface area contributed by atoms with Crippen molar-refractivity contribution in [1.29, 1.82) is 0 Å². The molecule has 0 saturated heterocycles. The maximum absolute atomic E-state index is 12.4. The second-order valence-corrected chi connectivity index (χ2v) is 5.84. The molecule has 5 nitrogen and oxygen atoms in total. The Morgan fingerprint density at radius 1 is 1.23 bits per heavy atom. The van der Waals surface area contributed by atoms with Gasteiger partial charge in [-0.15, -0.1) is 0 Å². The van der Waals surface area contributed by atoms with Gasteiger partial charge in [-0.05, 0) is 46.2 Å². The number of hydrogen-bond donors (Lipinski definition) is 2. The number of anilines is 2. The maximum atomic E-state index is 12.4. The fourth-order valence-electron chi connectivity index (χ4n) is 2.46. The van der Waals surface area contributed by atoms with Crippen LogP contribution in [-0.4, -0.2) is 21.7 Å². The number of benzene rings is 1. The van der Waals surface area contributed by atoms with E-state index in [1.165, 1.54) is 5.56 Å². The van der Waals surface area contributed by atoms with Gasteiger partial charge >= 0.3 is 0 Å². The predicted octanol–water partition coefficient (Wildman–Crippen LogP) is 3.09. The van der Waals surface area contributed by atoms with Gasteiger partial charge in [-0.2, -0.15) is 5.10 Å². The Kier molecular flexibility index (Phi) is 4.54. The highest BCUT2D eigenvalue weighted by molar-refractivity contribution is 5.97. The summed E-state index contributed by atoms with van der Waals surface area (Å²) in [6.07, 6.45) is 0. The van der Waals surface area contributed by atoms with Gasteiger partial charge in [-0.3, -0.25) is 9.48 Å². The van der Waals surface area contributed by atoms with Crippen molar-refractivity contribution in [1.82, 2.24) is 9.78 Å². The number of hydrogen-bond acceptors (Lipinski definition) is 3. The third-order valence-electron chi connectivity index (χ3n) is 3.90. The van der Waals surface area contributed by atoms with Gasteiger partial charge in [0.1, 0.15) is 6.04 Å². The highest BCUT2D eigenvalue weighted by Gasteiger charge is 2.17. The Morgan fingerprint density at radius 3 is 2.45 bits per heavy atom. The van der Waals surface area contributed by atoms with Crippen LogP contribution in [0.1, 0.15) is 29.4 Å². The molecule has 22 heavy (non-hydrogen) atoms. The topological polar surface area (TPSA) is 59.0 Å². The van der Waals surface area contributed by atoms with E-state index in [2.05, 4.69) is 28.7 Å². The minimum Gasteiger partial charge on any atom is -0.374 e. The fraction of sp³-hybridized carbons (Fsp3) is 0.412. The summed E-state index contributed by atoms with van der Waals surface area (Å²) >= 11 is 0. The highest BCUT2D eigenvalue weighted by atomic mass is 16.2. The Hall–Kier alpha value is -2.30. The summed E-state index contributed by atoms with van der Waals surface area (Å²) in [4.78, 5) is 12.4. The van der Waals surface area contributed by atoms with Crippen molar-refractivity contribution in [3.8, 4) is 0 Å². The lowest BCUT2D eigenvalue weighted by Crippen LogP contribution is -2.32. The van der Waals surface area contributed by atoms with Gasteiger partial charge in [-0.1, -0.05) is 17.7 Å². The second kappa shape index (κ2) is 6.22. The number of aromatic nitrogens is 2. The quantitative estimate of drug-likeness (QED) is 0.912. The average Bonchev–Trinajstić information content (AvgIpc) is 2.68. The van der Waals surface area contributed by atoms with Crippen molar-refractivity contribution >= 4 is 17.3 Å². The van der Waals surface area contributed by atoms with Gasteiger partial charge in [0, 0.05) is 12.7 Å². The summed E-state index contributed by atoms with van der Waals surface area (Å²) in [6, 6.07) is 5.81. The Balaban J connectivity index is 2.09. The summed E-state index contributed by atoms with van der Waals surface area (Å²) in [7, 11) is 1.87. The Labute approximate surface area is 131 Å². The molecule has 118 valence electrons. The molecule has 1 unspecified atom stereocenters. The van der Waals surface area contributed by atoms with Gasteiger partial charge < -0.3 is 10.6 Å². The molecule has 0 spiro atoms. The van der Waals surface area contributed by atoms with Crippen LogP contribution < -0.4 is 10.6 Å². The zero-order chi connectivity index (χ0) is 16.4. The summed E-state index contributed by atoms with van der Waals surface area (Å²) < 4.78 is 1.77. The van der Waals surface area contributed by atoms with Crippen LogP contribution in [0.25, 0.3) is 0 Å². The highest BCUT2D eigenvalue weighted by Crippen LogP contribution is 2.20. The molecule has 0 fully saturated rings. The lowest BCUT2D eigenvalue weighted by atomic mass is 10.1. The third-order valence-corrected chi connectivity index (χ3v) is 3.90. The van der Waals surface area contributed by atoms with E-state index >= 15 is 0 Å². The zero-order valence-electron chi connectivity index (χ0n) is 14.1. The van der Waals surface area contributed by atoms with Crippen molar-refractivity contribution in [2.45, 2.75) is 40.7 Å². The van der Waals surface area contributed by atoms with Crippen LogP contribution in [0.5, 0.6) is 0 Å². The smallest absolute Gasteiger partial charge is 0.246 e. The number of nitrogens with one attached hydrogen (secondary N) is 2. The standard InChI is InChI=1S/C17H24N4O/c1-10-7-8-15(11(2)9-10)18-13(4)17(22)19-16-12(3)20-21(6)14(16)5/h7-9,13,18H,1-6H3,(H,19,22). The Bertz CT molecular complexity index is 703. The predicted molar refractivity (Wildman–Crippen MR) is 90.3 cm³/mol. The molecule has 0 radical (unpaired) electrons. The summed E-state index contributed by atoms with van der Waals surface area (Å²) in [6.45, 7) is 9.79. The molecule has 2 aromatic rings. The van der Waals surface area contributed by atoms with E-state index in [0.717, 1.165) is 28.3 Å². The molecule has 1 amide bonds. The zero-order valence-corrected chi connectivity index (χ0v) is 14.1. The molecule has 5 heteroatoms. The molecule has 0 aliphatic rings. The first-order valence-electron chi connectivity index (χ1n) is 7.44. The van der Waals surface area contributed by atoms with E-state index in [1.54, 1.807) is 4.68 Å². The van der Waals surface area contributed by atoms with Crippen molar-refractivity contribution in [3.05, 3.63) is 40.7 Å². The molecule has 1 aromatic carbocycles. The van der Waals surface area contributed by atoms with Crippen LogP contribution in [0.2, 0.25) is 0 Å². The van der Waals surface area contributed by atoms with Crippen LogP contribution in [0.3, 0.4) is 0 Å². The number of rotatable bonds is 4. The molecular formula is C17H24N4O. The lowest BCUT2D eigenvalue weighted by Gasteiger charge is -2.17. The van der Waals surface area contributed by atoms with E-state index in [1.807, 2.05) is 46.9 Å². The number of nitrogens with zero attached hydrogens (tertiary/aromatic N) is 2. The van der Waals surface area contributed by atoms with E-state index in [0.29, 0.717) is 0 Å². The SMILES string of the molecule is Cc1ccc(NC(C)C(=O)Nc2c(C)nn(C)c2C)c(C)c1. The molecule has 2 rings (SSSR count). The fourth-order valence-corrected chi connectivity index (χ4v) is 2.46. The number of carbonyl (C=O) groups is 1. The average molecular weight is 300 g/mol. The molecule has 0 aliphatic heterocycles. The first kappa shape index (κ1) is 16.1. The molecule has 0 bridgehead atoms. The van der Waals surface area contributed by atoms with Gasteiger partial charge in [0.05, 0.1) is 17.1 Å². The molecule has 2 N–H and O–H groups in total. The molecule has 1 aromatic heterocycles. The maximum Gasteiger partial charge on any atom is 0.246 e. The molecule has 0 saturated carbocycles. The van der Waals surface area contributed by atoms with E-state index < -0.39 is 0 Å².